The minimum atomic E-state index is -3.71. The molecule has 1 aromatic rings. The number of hydrogen-bond donors (Lipinski definition) is 2. The molecule has 0 bridgehead atoms. The van der Waals surface area contributed by atoms with Gasteiger partial charge < -0.3 is 5.11 Å². The van der Waals surface area contributed by atoms with Crippen LogP contribution in [0.1, 0.15) is 31.7 Å². The molecule has 2 unspecified atom stereocenters. The second kappa shape index (κ2) is 6.56. The predicted molar refractivity (Wildman–Crippen MR) is 77.5 cm³/mol. The Hall–Kier alpha value is -1.42. The zero-order valence-electron chi connectivity index (χ0n) is 11.8. The van der Waals surface area contributed by atoms with Crippen LogP contribution in [0.25, 0.3) is 0 Å². The molecule has 1 aromatic carbocycles. The van der Waals surface area contributed by atoms with E-state index in [1.807, 2.05) is 6.92 Å². The van der Waals surface area contributed by atoms with Crippen LogP contribution in [0, 0.1) is 23.6 Å². The van der Waals surface area contributed by atoms with E-state index < -0.39 is 15.8 Å². The zero-order valence-corrected chi connectivity index (χ0v) is 12.6. The number of nitrogens with one attached hydrogen (secondary N) is 1. The van der Waals surface area contributed by atoms with E-state index in [4.69, 9.17) is 5.11 Å². The van der Waals surface area contributed by atoms with E-state index in [1.165, 1.54) is 6.07 Å². The smallest absolute Gasteiger partial charge is 0.242 e. The molecule has 6 heteroatoms. The van der Waals surface area contributed by atoms with Crippen molar-refractivity contribution < 1.29 is 17.9 Å². The normalized spacial score (nSPS) is 20.7. The van der Waals surface area contributed by atoms with Crippen LogP contribution in [0.15, 0.2) is 23.1 Å². The highest BCUT2D eigenvalue weighted by Crippen LogP contribution is 2.34. The molecule has 2 atom stereocenters. The summed E-state index contributed by atoms with van der Waals surface area (Å²) in [4.78, 5) is -0.0175. The lowest BCUT2D eigenvalue weighted by Gasteiger charge is -2.08. The minimum absolute atomic E-state index is 0.0175. The molecule has 0 aromatic heterocycles. The highest BCUT2D eigenvalue weighted by Gasteiger charge is 2.39. The van der Waals surface area contributed by atoms with Crippen molar-refractivity contribution in [1.29, 1.82) is 0 Å². The summed E-state index contributed by atoms with van der Waals surface area (Å²) < 4.78 is 40.7. The predicted octanol–water partition coefficient (Wildman–Crippen LogP) is 1.64. The van der Waals surface area contributed by atoms with Crippen molar-refractivity contribution in [3.63, 3.8) is 0 Å². The van der Waals surface area contributed by atoms with E-state index in [1.54, 1.807) is 0 Å². The minimum Gasteiger partial charge on any atom is -0.395 e. The van der Waals surface area contributed by atoms with Gasteiger partial charge in [0.1, 0.15) is 5.82 Å². The number of rotatable bonds is 5. The standard InChI is InChI=1S/C15H18FNO3S/c1-2-11-10-14(11)17-21(19,20)15-7-6-13(16)9-12(15)5-3-4-8-18/h6-7,9,11,14,17-18H,2,4,8,10H2,1H3. The highest BCUT2D eigenvalue weighted by atomic mass is 32.2. The first-order chi connectivity index (χ1) is 9.97. The van der Waals surface area contributed by atoms with Crippen LogP contribution < -0.4 is 4.72 Å². The van der Waals surface area contributed by atoms with Crippen molar-refractivity contribution in [2.45, 2.75) is 37.1 Å². The maximum Gasteiger partial charge on any atom is 0.242 e. The number of hydrogen-bond acceptors (Lipinski definition) is 3. The molecule has 1 saturated carbocycles. The van der Waals surface area contributed by atoms with E-state index in [-0.39, 0.29) is 29.5 Å². The lowest BCUT2D eigenvalue weighted by molar-refractivity contribution is 0.305. The van der Waals surface area contributed by atoms with Crippen LogP contribution in [0.4, 0.5) is 4.39 Å². The first-order valence-electron chi connectivity index (χ1n) is 6.89. The van der Waals surface area contributed by atoms with Gasteiger partial charge in [0.05, 0.1) is 11.5 Å². The monoisotopic (exact) mass is 311 g/mol. The second-order valence-corrected chi connectivity index (χ2v) is 6.73. The molecule has 4 nitrogen and oxygen atoms in total. The molecule has 0 saturated heterocycles. The van der Waals surface area contributed by atoms with Gasteiger partial charge >= 0.3 is 0 Å². The Morgan fingerprint density at radius 2 is 2.24 bits per heavy atom. The molecule has 1 aliphatic rings. The van der Waals surface area contributed by atoms with Gasteiger partial charge in [-0.3, -0.25) is 0 Å². The number of aliphatic hydroxyl groups is 1. The quantitative estimate of drug-likeness (QED) is 0.812. The van der Waals surface area contributed by atoms with Gasteiger partial charge in [-0.2, -0.15) is 0 Å². The number of halogens is 1. The van der Waals surface area contributed by atoms with Crippen LogP contribution in [0.2, 0.25) is 0 Å². The summed E-state index contributed by atoms with van der Waals surface area (Å²) >= 11 is 0. The van der Waals surface area contributed by atoms with Gasteiger partial charge in [-0.25, -0.2) is 17.5 Å². The van der Waals surface area contributed by atoms with Gasteiger partial charge in [-0.05, 0) is 30.5 Å². The fourth-order valence-electron chi connectivity index (χ4n) is 2.15. The second-order valence-electron chi connectivity index (χ2n) is 5.05. The molecule has 0 aliphatic heterocycles. The molecule has 0 amide bonds. The van der Waals surface area contributed by atoms with Crippen molar-refractivity contribution in [3.05, 3.63) is 29.6 Å². The zero-order chi connectivity index (χ0) is 15.5. The average molecular weight is 311 g/mol. The maximum absolute atomic E-state index is 13.3. The molecule has 0 heterocycles. The van der Waals surface area contributed by atoms with Gasteiger partial charge in [0.25, 0.3) is 0 Å². The maximum atomic E-state index is 13.3. The third-order valence-corrected chi connectivity index (χ3v) is 4.99. The van der Waals surface area contributed by atoms with Crippen LogP contribution in [-0.4, -0.2) is 26.2 Å². The first kappa shape index (κ1) is 16.0. The Balaban J connectivity index is 2.28. The van der Waals surface area contributed by atoms with Crippen LogP contribution in [0.3, 0.4) is 0 Å². The summed E-state index contributed by atoms with van der Waals surface area (Å²) in [7, 11) is -3.71. The highest BCUT2D eigenvalue weighted by molar-refractivity contribution is 7.89. The SMILES string of the molecule is CCC1CC1NS(=O)(=O)c1ccc(F)cc1C#CCCO. The van der Waals surface area contributed by atoms with Crippen molar-refractivity contribution in [3.8, 4) is 11.8 Å². The fourth-order valence-corrected chi connectivity index (χ4v) is 3.61. The summed E-state index contributed by atoms with van der Waals surface area (Å²) in [6, 6.07) is 3.40. The van der Waals surface area contributed by atoms with Crippen molar-refractivity contribution >= 4 is 10.0 Å². The van der Waals surface area contributed by atoms with Gasteiger partial charge in [0, 0.05) is 18.0 Å². The third-order valence-electron chi connectivity index (χ3n) is 3.44. The molecule has 2 rings (SSSR count). The van der Waals surface area contributed by atoms with Gasteiger partial charge in [-0.15, -0.1) is 0 Å². The molecular weight excluding hydrogens is 293 g/mol. The van der Waals surface area contributed by atoms with Crippen LogP contribution in [-0.2, 0) is 10.0 Å². The van der Waals surface area contributed by atoms with Crippen molar-refractivity contribution in [1.82, 2.24) is 4.72 Å². The largest absolute Gasteiger partial charge is 0.395 e. The number of sulfonamides is 1. The Kier molecular flexibility index (Phi) is 4.99. The van der Waals surface area contributed by atoms with Crippen LogP contribution >= 0.6 is 0 Å². The molecule has 1 fully saturated rings. The summed E-state index contributed by atoms with van der Waals surface area (Å²) in [6.45, 7) is 1.89. The molecule has 0 spiro atoms. The van der Waals surface area contributed by atoms with Crippen molar-refractivity contribution in [2.75, 3.05) is 6.61 Å². The number of benzene rings is 1. The van der Waals surface area contributed by atoms with Gasteiger partial charge in [0.15, 0.2) is 0 Å². The van der Waals surface area contributed by atoms with Crippen molar-refractivity contribution in [2.24, 2.45) is 5.92 Å². The first-order valence-corrected chi connectivity index (χ1v) is 8.38. The molecule has 1 aliphatic carbocycles. The van der Waals surface area contributed by atoms with E-state index in [0.717, 1.165) is 25.0 Å². The fraction of sp³-hybridized carbons (Fsp3) is 0.467. The topological polar surface area (TPSA) is 66.4 Å². The van der Waals surface area contributed by atoms with E-state index in [9.17, 15) is 12.8 Å². The summed E-state index contributed by atoms with van der Waals surface area (Å²) in [5.41, 5.74) is 0.115. The third kappa shape index (κ3) is 4.03. The summed E-state index contributed by atoms with van der Waals surface area (Å²) in [5, 5.41) is 8.70. The van der Waals surface area contributed by atoms with Crippen LogP contribution in [0.5, 0.6) is 0 Å². The van der Waals surface area contributed by atoms with E-state index in [2.05, 4.69) is 16.6 Å². The summed E-state index contributed by atoms with van der Waals surface area (Å²) in [6.07, 6.45) is 1.98. The average Bonchev–Trinajstić information content (AvgIpc) is 3.16. The Labute approximate surface area is 124 Å². The molecule has 114 valence electrons. The molecule has 21 heavy (non-hydrogen) atoms. The Morgan fingerprint density at radius 1 is 1.48 bits per heavy atom. The van der Waals surface area contributed by atoms with E-state index in [0.29, 0.717) is 5.92 Å². The molecular formula is C15H18FNO3S. The molecule has 2 N–H and O–H groups in total. The lowest BCUT2D eigenvalue weighted by Crippen LogP contribution is -2.27. The summed E-state index contributed by atoms with van der Waals surface area (Å²) in [5.74, 6) is 5.07. The lowest BCUT2D eigenvalue weighted by atomic mass is 10.2. The van der Waals surface area contributed by atoms with Gasteiger partial charge in [0.2, 0.25) is 10.0 Å². The van der Waals surface area contributed by atoms with E-state index >= 15 is 0 Å². The molecule has 0 radical (unpaired) electrons. The Bertz CT molecular complexity index is 676. The number of aliphatic hydroxyl groups excluding tert-OH is 1. The van der Waals surface area contributed by atoms with Gasteiger partial charge in [-0.1, -0.05) is 25.2 Å². The Morgan fingerprint density at radius 3 is 2.86 bits per heavy atom.